The molecule has 2 aliphatic rings. The van der Waals surface area contributed by atoms with E-state index in [-0.39, 0.29) is 113 Å². The van der Waals surface area contributed by atoms with E-state index in [4.69, 9.17) is 47.4 Å². The summed E-state index contributed by atoms with van der Waals surface area (Å²) in [6.07, 6.45) is -12.1. The molecule has 500 valence electrons. The lowest BCUT2D eigenvalue weighted by molar-refractivity contribution is -0.161. The average molecular weight is 1290 g/mol. The second-order valence-electron chi connectivity index (χ2n) is 22.7. The van der Waals surface area contributed by atoms with Gasteiger partial charge in [-0.25, -0.2) is 19.2 Å². The lowest BCUT2D eigenvalue weighted by atomic mass is 9.99. The minimum atomic E-state index is -1.04. The van der Waals surface area contributed by atoms with Crippen LogP contribution in [0, 0.1) is 0 Å². The summed E-state index contributed by atoms with van der Waals surface area (Å²) < 4.78 is 53.5. The number of phenols is 8. The van der Waals surface area contributed by atoms with E-state index in [9.17, 15) is 88.8 Å². The van der Waals surface area contributed by atoms with E-state index in [0.29, 0.717) is 0 Å². The highest BCUT2D eigenvalue weighted by Gasteiger charge is 2.32. The van der Waals surface area contributed by atoms with Gasteiger partial charge in [0.2, 0.25) is 0 Å². The minimum Gasteiger partial charge on any atom is -0.508 e. The van der Waals surface area contributed by atoms with E-state index >= 15 is 0 Å². The van der Waals surface area contributed by atoms with Crippen molar-refractivity contribution in [3.63, 3.8) is 0 Å². The van der Waals surface area contributed by atoms with Crippen molar-refractivity contribution in [3.05, 3.63) is 93.0 Å². The monoisotopic (exact) mass is 1290 g/mol. The first-order valence-corrected chi connectivity index (χ1v) is 29.2. The fraction of sp³-hybridized carbons (Fsp3) is 0.469. The molecule has 0 fully saturated rings. The molecule has 28 nitrogen and oxygen atoms in total. The van der Waals surface area contributed by atoms with Crippen molar-refractivity contribution in [2.75, 3.05) is 0 Å². The van der Waals surface area contributed by atoms with Gasteiger partial charge in [-0.2, -0.15) is 0 Å². The Morgan fingerprint density at radius 3 is 0.543 bits per heavy atom. The number of phenolic OH excluding ortho intramolecular Hbond substituents is 8. The SMILES string of the molecule is CC1CC(=O)OC(C)Cc2cc(O)cc(O)c2C(=O)OC(C)CC(=O)OC(C)Cc2cc(O)cc(O)c2C(=O)OC(C)CC(=O)O1.CC1CC(=O)OC(C)Cc2cc(O)cc(O)c2C(=O)OC(C)Cc2cc(O)cc(O)c2C(=O)OC(C)CC(=O)OC(C)CC(=O)O1. The Balaban J connectivity index is 0.000000334. The fourth-order valence-electron chi connectivity index (χ4n) is 9.93. The highest BCUT2D eigenvalue weighted by atomic mass is 16.6. The molecule has 0 bridgehead atoms. The van der Waals surface area contributed by atoms with Crippen LogP contribution in [0.5, 0.6) is 46.0 Å². The molecule has 0 spiro atoms. The topological polar surface area (TPSA) is 425 Å². The Labute approximate surface area is 527 Å². The minimum absolute atomic E-state index is 0.0454. The summed E-state index contributed by atoms with van der Waals surface area (Å²) in [5, 5.41) is 82.2. The van der Waals surface area contributed by atoms with Crippen molar-refractivity contribution >= 4 is 59.7 Å². The summed E-state index contributed by atoms with van der Waals surface area (Å²) in [5.41, 5.74) is -0.931. The van der Waals surface area contributed by atoms with Crippen LogP contribution in [0.4, 0.5) is 0 Å². The van der Waals surface area contributed by atoms with Gasteiger partial charge in [-0.3, -0.25) is 28.8 Å². The quantitative estimate of drug-likeness (QED) is 0.0668. The number of cyclic esters (lactones) is 10. The molecule has 8 N–H and O–H groups in total. The number of hydrogen-bond acceptors (Lipinski definition) is 28. The van der Waals surface area contributed by atoms with Gasteiger partial charge >= 0.3 is 59.7 Å². The summed E-state index contributed by atoms with van der Waals surface area (Å²) >= 11 is 0. The molecule has 6 rings (SSSR count). The van der Waals surface area contributed by atoms with Crippen molar-refractivity contribution in [3.8, 4) is 46.0 Å². The molecular formula is C64H76O28. The molecule has 0 aromatic heterocycles. The predicted octanol–water partition coefficient (Wildman–Crippen LogP) is 6.73. The fourth-order valence-corrected chi connectivity index (χ4v) is 9.93. The van der Waals surface area contributed by atoms with Gasteiger partial charge in [0.1, 0.15) is 129 Å². The molecule has 0 amide bonds. The molecule has 0 aliphatic carbocycles. The second-order valence-corrected chi connectivity index (χ2v) is 22.7. The van der Waals surface area contributed by atoms with Crippen molar-refractivity contribution in [2.45, 2.75) is 194 Å². The van der Waals surface area contributed by atoms with E-state index in [1.807, 2.05) is 0 Å². The zero-order valence-electron chi connectivity index (χ0n) is 52.2. The molecule has 28 heteroatoms. The standard InChI is InChI=1S/2C32H38O14/c1-15-6-20-11-22(33)13-24(35)29(20)31(40)45-16(2)7-21-12-23(34)14-25(36)30(21)32(41)46-19(5)10-28(39)44-18(4)9-27(38)43-17(3)8-26(37)42-15;1-15-6-20-11-22(33)13-24(35)29(20)31(40)45-18(4)9-27(38)43-16(2)7-21-12-23(34)14-25(36)30(21)32(41)46-19(5)10-28(39)44-17(3)8-26(37)42-15/h2*11-19,33-36H,6-10H2,1-5H3. The summed E-state index contributed by atoms with van der Waals surface area (Å²) in [6.45, 7) is 14.7. The zero-order valence-corrected chi connectivity index (χ0v) is 52.2. The number of fused-ring (bicyclic) bond motifs is 4. The van der Waals surface area contributed by atoms with Gasteiger partial charge in [0.15, 0.2) is 0 Å². The van der Waals surface area contributed by atoms with Crippen molar-refractivity contribution < 1.29 is 136 Å². The van der Waals surface area contributed by atoms with Crippen LogP contribution in [0.2, 0.25) is 0 Å². The third-order valence-corrected chi connectivity index (χ3v) is 13.5. The number of hydrogen-bond donors (Lipinski definition) is 8. The number of aromatic hydroxyl groups is 8. The van der Waals surface area contributed by atoms with E-state index in [1.165, 1.54) is 93.5 Å². The Hall–Kier alpha value is -10.0. The third-order valence-electron chi connectivity index (χ3n) is 13.5. The largest absolute Gasteiger partial charge is 0.508 e. The van der Waals surface area contributed by atoms with E-state index in [2.05, 4.69) is 0 Å². The normalized spacial score (nSPS) is 24.5. The number of esters is 10. The third kappa shape index (κ3) is 22.2. The van der Waals surface area contributed by atoms with Gasteiger partial charge in [-0.15, -0.1) is 0 Å². The van der Waals surface area contributed by atoms with Crippen LogP contribution >= 0.6 is 0 Å². The number of benzene rings is 4. The van der Waals surface area contributed by atoms with Gasteiger partial charge in [0.25, 0.3) is 0 Å². The van der Waals surface area contributed by atoms with Gasteiger partial charge in [-0.05, 0) is 116 Å². The first kappa shape index (κ1) is 72.7. The Morgan fingerprint density at radius 1 is 0.228 bits per heavy atom. The molecule has 0 saturated carbocycles. The van der Waals surface area contributed by atoms with Gasteiger partial charge in [-0.1, -0.05) is 0 Å². The first-order valence-electron chi connectivity index (χ1n) is 29.2. The van der Waals surface area contributed by atoms with Gasteiger partial charge in [0.05, 0.1) is 38.5 Å². The van der Waals surface area contributed by atoms with Crippen molar-refractivity contribution in [1.29, 1.82) is 0 Å². The van der Waals surface area contributed by atoms with Crippen LogP contribution in [0.1, 0.15) is 171 Å². The summed E-state index contributed by atoms with van der Waals surface area (Å²) in [7, 11) is 0. The van der Waals surface area contributed by atoms with Crippen LogP contribution in [0.15, 0.2) is 48.5 Å². The number of ether oxygens (including phenoxy) is 10. The summed E-state index contributed by atoms with van der Waals surface area (Å²) in [5.74, 6) is -12.5. The zero-order chi connectivity index (χ0) is 68.6. The van der Waals surface area contributed by atoms with Crippen LogP contribution in [-0.2, 0) is 102 Å². The molecule has 2 aliphatic heterocycles. The molecular weight excluding hydrogens is 1220 g/mol. The Kier molecular flexibility index (Phi) is 25.8. The molecule has 2 heterocycles. The molecule has 4 aromatic carbocycles. The van der Waals surface area contributed by atoms with Crippen LogP contribution < -0.4 is 0 Å². The molecule has 4 aromatic rings. The van der Waals surface area contributed by atoms with Gasteiger partial charge < -0.3 is 88.2 Å². The van der Waals surface area contributed by atoms with Crippen LogP contribution in [-0.4, -0.2) is 162 Å². The number of carbonyl (C=O) groups excluding carboxylic acids is 10. The predicted molar refractivity (Wildman–Crippen MR) is 314 cm³/mol. The molecule has 10 unspecified atom stereocenters. The van der Waals surface area contributed by atoms with E-state index in [0.717, 1.165) is 24.3 Å². The van der Waals surface area contributed by atoms with Crippen molar-refractivity contribution in [2.24, 2.45) is 0 Å². The highest BCUT2D eigenvalue weighted by Crippen LogP contribution is 2.35. The van der Waals surface area contributed by atoms with E-state index < -0.39 is 162 Å². The maximum absolute atomic E-state index is 13.3. The van der Waals surface area contributed by atoms with Crippen LogP contribution in [0.3, 0.4) is 0 Å². The maximum Gasteiger partial charge on any atom is 0.342 e. The molecule has 0 saturated heterocycles. The van der Waals surface area contributed by atoms with Gasteiger partial charge in [0, 0.05) is 49.9 Å². The first-order chi connectivity index (χ1) is 43.0. The Morgan fingerprint density at radius 2 is 0.370 bits per heavy atom. The smallest absolute Gasteiger partial charge is 0.342 e. The highest BCUT2D eigenvalue weighted by molar-refractivity contribution is 5.97. The molecule has 0 radical (unpaired) electrons. The lowest BCUT2D eigenvalue weighted by Crippen LogP contribution is -2.27. The second kappa shape index (κ2) is 32.6. The summed E-state index contributed by atoms with van der Waals surface area (Å²) in [4.78, 5) is 127. The average Bonchev–Trinajstić information content (AvgIpc) is 0.843. The van der Waals surface area contributed by atoms with Crippen molar-refractivity contribution in [1.82, 2.24) is 0 Å². The van der Waals surface area contributed by atoms with E-state index in [1.54, 1.807) is 0 Å². The number of rotatable bonds is 0. The summed E-state index contributed by atoms with van der Waals surface area (Å²) in [6, 6.07) is 8.49. The number of carbonyl (C=O) groups is 10. The Bertz CT molecular complexity index is 3410. The molecule has 92 heavy (non-hydrogen) atoms. The maximum atomic E-state index is 13.3. The molecule has 10 atom stereocenters. The lowest BCUT2D eigenvalue weighted by Gasteiger charge is -2.21. The van der Waals surface area contributed by atoms with Crippen LogP contribution in [0.25, 0.3) is 0 Å².